The van der Waals surface area contributed by atoms with Gasteiger partial charge in [0.15, 0.2) is 11.6 Å². The maximum atomic E-state index is 13.9. The number of rotatable bonds is 5. The SMILES string of the molecule is COc1ccc(CC(NC(=O)O)c2nc3cc(F)ccc3[nH]2)cc1F. The Kier molecular flexibility index (Phi) is 4.51. The number of methoxy groups -OCH3 is 1. The third-order valence-corrected chi connectivity index (χ3v) is 3.75. The maximum Gasteiger partial charge on any atom is 0.405 e. The number of halogens is 2. The molecule has 1 atom stereocenters. The zero-order chi connectivity index (χ0) is 18.0. The van der Waals surface area contributed by atoms with Crippen LogP contribution in [-0.4, -0.2) is 28.3 Å². The summed E-state index contributed by atoms with van der Waals surface area (Å²) in [6.07, 6.45) is -1.08. The number of carboxylic acid groups (broad SMARTS) is 1. The molecule has 3 N–H and O–H groups in total. The Bertz CT molecular complexity index is 927. The van der Waals surface area contributed by atoms with Crippen molar-refractivity contribution in [2.45, 2.75) is 12.5 Å². The molecule has 0 aliphatic carbocycles. The first kappa shape index (κ1) is 16.7. The summed E-state index contributed by atoms with van der Waals surface area (Å²) in [4.78, 5) is 18.3. The highest BCUT2D eigenvalue weighted by molar-refractivity contribution is 5.75. The number of benzene rings is 2. The van der Waals surface area contributed by atoms with Gasteiger partial charge in [-0.2, -0.15) is 0 Å². The molecule has 1 unspecified atom stereocenters. The molecule has 1 heterocycles. The molecule has 8 heteroatoms. The van der Waals surface area contributed by atoms with Crippen LogP contribution in [0.3, 0.4) is 0 Å². The maximum absolute atomic E-state index is 13.9. The van der Waals surface area contributed by atoms with E-state index in [2.05, 4.69) is 15.3 Å². The molecule has 1 amide bonds. The van der Waals surface area contributed by atoms with Crippen molar-refractivity contribution in [3.8, 4) is 5.75 Å². The smallest absolute Gasteiger partial charge is 0.405 e. The van der Waals surface area contributed by atoms with Gasteiger partial charge >= 0.3 is 6.09 Å². The van der Waals surface area contributed by atoms with E-state index in [-0.39, 0.29) is 12.2 Å². The van der Waals surface area contributed by atoms with Crippen LogP contribution in [0.4, 0.5) is 13.6 Å². The molecule has 0 bridgehead atoms. The van der Waals surface area contributed by atoms with Gasteiger partial charge in [-0.3, -0.25) is 0 Å². The molecule has 0 saturated carbocycles. The van der Waals surface area contributed by atoms with Crippen LogP contribution in [0.15, 0.2) is 36.4 Å². The predicted octanol–water partition coefficient (Wildman–Crippen LogP) is 3.40. The van der Waals surface area contributed by atoms with Crippen molar-refractivity contribution in [3.63, 3.8) is 0 Å². The minimum absolute atomic E-state index is 0.103. The van der Waals surface area contributed by atoms with Gasteiger partial charge in [-0.25, -0.2) is 18.6 Å². The van der Waals surface area contributed by atoms with Crippen LogP contribution in [0.25, 0.3) is 11.0 Å². The van der Waals surface area contributed by atoms with Crippen molar-refractivity contribution in [1.29, 1.82) is 0 Å². The molecule has 0 radical (unpaired) electrons. The number of amides is 1. The zero-order valence-corrected chi connectivity index (χ0v) is 13.2. The number of ether oxygens (including phenoxy) is 1. The fraction of sp³-hybridized carbons (Fsp3) is 0.176. The number of hydrogen-bond acceptors (Lipinski definition) is 3. The Morgan fingerprint density at radius 2 is 2.12 bits per heavy atom. The third kappa shape index (κ3) is 3.68. The van der Waals surface area contributed by atoms with Gasteiger partial charge in [0, 0.05) is 12.5 Å². The number of nitrogens with zero attached hydrogens (tertiary/aromatic N) is 1. The Morgan fingerprint density at radius 3 is 2.80 bits per heavy atom. The fourth-order valence-electron chi connectivity index (χ4n) is 2.60. The Hall–Kier alpha value is -3.16. The number of aromatic nitrogens is 2. The quantitative estimate of drug-likeness (QED) is 0.660. The summed E-state index contributed by atoms with van der Waals surface area (Å²) in [5.74, 6) is -0.559. The Morgan fingerprint density at radius 1 is 1.32 bits per heavy atom. The molecule has 2 aromatic carbocycles. The molecule has 3 rings (SSSR count). The number of nitrogens with one attached hydrogen (secondary N) is 2. The van der Waals surface area contributed by atoms with Crippen LogP contribution in [0, 0.1) is 11.6 Å². The van der Waals surface area contributed by atoms with E-state index >= 15 is 0 Å². The van der Waals surface area contributed by atoms with Gasteiger partial charge in [0.05, 0.1) is 24.2 Å². The standard InChI is InChI=1S/C17H15F2N3O3/c1-25-15-5-2-9(6-11(15)19)7-14(22-17(23)24)16-20-12-4-3-10(18)8-13(12)21-16/h2-6,8,14,22H,7H2,1H3,(H,20,21)(H,23,24). The summed E-state index contributed by atoms with van der Waals surface area (Å²) in [6, 6.07) is 7.69. The topological polar surface area (TPSA) is 87.2 Å². The molecule has 0 aliphatic rings. The molecule has 130 valence electrons. The van der Waals surface area contributed by atoms with Crippen LogP contribution >= 0.6 is 0 Å². The van der Waals surface area contributed by atoms with Crippen LogP contribution in [0.5, 0.6) is 5.75 Å². The van der Waals surface area contributed by atoms with E-state index < -0.39 is 23.8 Å². The van der Waals surface area contributed by atoms with Gasteiger partial charge in [0.1, 0.15) is 11.6 Å². The average Bonchev–Trinajstić information content (AvgIpc) is 2.97. The summed E-state index contributed by atoms with van der Waals surface area (Å²) in [7, 11) is 1.36. The van der Waals surface area contributed by atoms with E-state index in [0.717, 1.165) is 0 Å². The number of H-pyrrole nitrogens is 1. The number of carbonyl (C=O) groups is 1. The first-order valence-electron chi connectivity index (χ1n) is 7.43. The van der Waals surface area contributed by atoms with Crippen LogP contribution < -0.4 is 10.1 Å². The summed E-state index contributed by atoms with van der Waals surface area (Å²) in [6.45, 7) is 0. The first-order chi connectivity index (χ1) is 12.0. The lowest BCUT2D eigenvalue weighted by Crippen LogP contribution is -2.29. The van der Waals surface area contributed by atoms with Gasteiger partial charge in [-0.1, -0.05) is 6.07 Å². The molecular formula is C17H15F2N3O3. The van der Waals surface area contributed by atoms with Gasteiger partial charge in [-0.15, -0.1) is 0 Å². The number of aromatic amines is 1. The van der Waals surface area contributed by atoms with E-state index in [1.165, 1.54) is 37.4 Å². The minimum Gasteiger partial charge on any atom is -0.494 e. The second kappa shape index (κ2) is 6.76. The van der Waals surface area contributed by atoms with E-state index in [9.17, 15) is 13.6 Å². The first-order valence-corrected chi connectivity index (χ1v) is 7.43. The van der Waals surface area contributed by atoms with Gasteiger partial charge in [0.25, 0.3) is 0 Å². The lowest BCUT2D eigenvalue weighted by molar-refractivity contribution is 0.189. The Balaban J connectivity index is 1.93. The summed E-state index contributed by atoms with van der Waals surface area (Å²) in [5, 5.41) is 11.4. The zero-order valence-electron chi connectivity index (χ0n) is 13.2. The average molecular weight is 347 g/mol. The van der Waals surface area contributed by atoms with Crippen LogP contribution in [-0.2, 0) is 6.42 Å². The second-order valence-corrected chi connectivity index (χ2v) is 5.46. The number of imidazole rings is 1. The molecule has 0 spiro atoms. The highest BCUT2D eigenvalue weighted by atomic mass is 19.1. The van der Waals surface area contributed by atoms with Crippen molar-refractivity contribution in [3.05, 3.63) is 59.4 Å². The molecule has 0 aliphatic heterocycles. The lowest BCUT2D eigenvalue weighted by Gasteiger charge is -2.15. The monoisotopic (exact) mass is 347 g/mol. The van der Waals surface area contributed by atoms with Crippen molar-refractivity contribution in [2.75, 3.05) is 7.11 Å². The molecule has 0 fully saturated rings. The molecule has 25 heavy (non-hydrogen) atoms. The lowest BCUT2D eigenvalue weighted by atomic mass is 10.1. The van der Waals surface area contributed by atoms with Crippen molar-refractivity contribution in [2.24, 2.45) is 0 Å². The summed E-state index contributed by atoms with van der Waals surface area (Å²) < 4.78 is 32.0. The van der Waals surface area contributed by atoms with Gasteiger partial charge in [-0.05, 0) is 29.8 Å². The molecule has 1 aromatic heterocycles. The van der Waals surface area contributed by atoms with Crippen molar-refractivity contribution >= 4 is 17.1 Å². The van der Waals surface area contributed by atoms with Crippen LogP contribution in [0.2, 0.25) is 0 Å². The van der Waals surface area contributed by atoms with E-state index in [4.69, 9.17) is 9.84 Å². The summed E-state index contributed by atoms with van der Waals surface area (Å²) >= 11 is 0. The number of fused-ring (bicyclic) bond motifs is 1. The van der Waals surface area contributed by atoms with E-state index in [0.29, 0.717) is 22.4 Å². The highest BCUT2D eigenvalue weighted by Crippen LogP contribution is 2.23. The van der Waals surface area contributed by atoms with Gasteiger partial charge in [0.2, 0.25) is 0 Å². The second-order valence-electron chi connectivity index (χ2n) is 5.46. The third-order valence-electron chi connectivity index (χ3n) is 3.75. The van der Waals surface area contributed by atoms with Crippen molar-refractivity contribution in [1.82, 2.24) is 15.3 Å². The predicted molar refractivity (Wildman–Crippen MR) is 86.6 cm³/mol. The highest BCUT2D eigenvalue weighted by Gasteiger charge is 2.19. The largest absolute Gasteiger partial charge is 0.494 e. The fourth-order valence-corrected chi connectivity index (χ4v) is 2.60. The number of hydrogen-bond donors (Lipinski definition) is 3. The van der Waals surface area contributed by atoms with Crippen LogP contribution in [0.1, 0.15) is 17.4 Å². The molecule has 3 aromatic rings. The normalized spacial score (nSPS) is 12.1. The molecular weight excluding hydrogens is 332 g/mol. The minimum atomic E-state index is -1.24. The molecule has 6 nitrogen and oxygen atoms in total. The summed E-state index contributed by atoms with van der Waals surface area (Å²) in [5.41, 5.74) is 1.52. The van der Waals surface area contributed by atoms with Gasteiger partial charge < -0.3 is 20.1 Å². The van der Waals surface area contributed by atoms with Crippen molar-refractivity contribution < 1.29 is 23.4 Å². The van der Waals surface area contributed by atoms with E-state index in [1.54, 1.807) is 6.07 Å². The van der Waals surface area contributed by atoms with E-state index in [1.807, 2.05) is 0 Å². The Labute approximate surface area is 141 Å². The molecule has 0 saturated heterocycles.